The first-order valence-electron chi connectivity index (χ1n) is 7.82. The van der Waals surface area contributed by atoms with E-state index in [0.717, 1.165) is 12.8 Å². The van der Waals surface area contributed by atoms with Gasteiger partial charge in [-0.2, -0.15) is 13.9 Å². The van der Waals surface area contributed by atoms with Gasteiger partial charge in [0.1, 0.15) is 5.15 Å². The molecule has 5 nitrogen and oxygen atoms in total. The van der Waals surface area contributed by atoms with E-state index in [0.29, 0.717) is 39.6 Å². The van der Waals surface area contributed by atoms with Crippen molar-refractivity contribution < 1.29 is 13.9 Å². The normalized spacial score (nSPS) is 24.3. The van der Waals surface area contributed by atoms with Gasteiger partial charge in [0.2, 0.25) is 0 Å². The SMILES string of the molecule is CC1(O)CCC(Nc2cc(Cl)ncc2-c2ccn(C(F)F)n2)CC1. The molecular weight excluding hydrogens is 338 g/mol. The lowest BCUT2D eigenvalue weighted by atomic mass is 9.83. The van der Waals surface area contributed by atoms with Gasteiger partial charge in [-0.1, -0.05) is 11.6 Å². The average molecular weight is 357 g/mol. The van der Waals surface area contributed by atoms with Crippen LogP contribution in [0.25, 0.3) is 11.3 Å². The Hall–Kier alpha value is -1.73. The highest BCUT2D eigenvalue weighted by molar-refractivity contribution is 6.29. The van der Waals surface area contributed by atoms with Gasteiger partial charge < -0.3 is 10.4 Å². The molecule has 2 heterocycles. The highest BCUT2D eigenvalue weighted by Crippen LogP contribution is 2.33. The van der Waals surface area contributed by atoms with Crippen molar-refractivity contribution in [3.8, 4) is 11.3 Å². The summed E-state index contributed by atoms with van der Waals surface area (Å²) in [5.41, 5.74) is 1.12. The zero-order chi connectivity index (χ0) is 17.3. The number of nitrogens with one attached hydrogen (secondary N) is 1. The summed E-state index contributed by atoms with van der Waals surface area (Å²) in [4.78, 5) is 4.04. The first kappa shape index (κ1) is 17.1. The largest absolute Gasteiger partial charge is 0.390 e. The lowest BCUT2D eigenvalue weighted by molar-refractivity contribution is 0.0196. The maximum Gasteiger partial charge on any atom is 0.333 e. The van der Waals surface area contributed by atoms with Crippen molar-refractivity contribution in [3.05, 3.63) is 29.7 Å². The quantitative estimate of drug-likeness (QED) is 0.810. The van der Waals surface area contributed by atoms with E-state index < -0.39 is 12.2 Å². The van der Waals surface area contributed by atoms with Crippen molar-refractivity contribution in [2.75, 3.05) is 5.32 Å². The molecule has 0 radical (unpaired) electrons. The predicted octanol–water partition coefficient (Wildman–Crippen LogP) is 4.10. The van der Waals surface area contributed by atoms with Crippen molar-refractivity contribution in [1.82, 2.24) is 14.8 Å². The van der Waals surface area contributed by atoms with Crippen LogP contribution in [0.5, 0.6) is 0 Å². The third kappa shape index (κ3) is 3.84. The monoisotopic (exact) mass is 356 g/mol. The fourth-order valence-corrected chi connectivity index (χ4v) is 3.11. The zero-order valence-corrected chi connectivity index (χ0v) is 14.0. The summed E-state index contributed by atoms with van der Waals surface area (Å²) >= 11 is 5.99. The molecule has 2 N–H and O–H groups in total. The zero-order valence-electron chi connectivity index (χ0n) is 13.2. The van der Waals surface area contributed by atoms with Gasteiger partial charge in [0.15, 0.2) is 0 Å². The number of aromatic nitrogens is 3. The highest BCUT2D eigenvalue weighted by Gasteiger charge is 2.29. The Labute approximate surface area is 143 Å². The van der Waals surface area contributed by atoms with Crippen molar-refractivity contribution in [2.24, 2.45) is 0 Å². The molecule has 0 atom stereocenters. The van der Waals surface area contributed by atoms with E-state index in [1.165, 1.54) is 18.5 Å². The van der Waals surface area contributed by atoms with Crippen molar-refractivity contribution >= 4 is 17.3 Å². The molecule has 0 aliphatic heterocycles. The Morgan fingerprint density at radius 2 is 2.12 bits per heavy atom. The Morgan fingerprint density at radius 1 is 1.42 bits per heavy atom. The second-order valence-corrected chi connectivity index (χ2v) is 6.81. The van der Waals surface area contributed by atoms with Crippen LogP contribution in [0.1, 0.15) is 39.2 Å². The number of anilines is 1. The van der Waals surface area contributed by atoms with Crippen LogP contribution in [0.3, 0.4) is 0 Å². The summed E-state index contributed by atoms with van der Waals surface area (Å²) in [7, 11) is 0. The molecule has 0 spiro atoms. The minimum Gasteiger partial charge on any atom is -0.390 e. The van der Waals surface area contributed by atoms with Gasteiger partial charge in [0.05, 0.1) is 11.3 Å². The lowest BCUT2D eigenvalue weighted by Crippen LogP contribution is -2.35. The van der Waals surface area contributed by atoms with Crippen LogP contribution < -0.4 is 5.32 Å². The molecule has 3 rings (SSSR count). The fraction of sp³-hybridized carbons (Fsp3) is 0.500. The summed E-state index contributed by atoms with van der Waals surface area (Å²) < 4.78 is 26.1. The smallest absolute Gasteiger partial charge is 0.333 e. The Balaban J connectivity index is 1.83. The van der Waals surface area contributed by atoms with E-state index in [9.17, 15) is 13.9 Å². The summed E-state index contributed by atoms with van der Waals surface area (Å²) in [6.07, 6.45) is 5.81. The van der Waals surface area contributed by atoms with E-state index in [1.807, 2.05) is 6.92 Å². The van der Waals surface area contributed by atoms with Gasteiger partial charge in [0.25, 0.3) is 0 Å². The Bertz CT molecular complexity index is 710. The number of halogens is 3. The minimum atomic E-state index is -2.68. The molecule has 1 fully saturated rings. The molecule has 1 aliphatic carbocycles. The number of alkyl halides is 2. The molecule has 2 aromatic rings. The van der Waals surface area contributed by atoms with Crippen LogP contribution >= 0.6 is 11.6 Å². The average Bonchev–Trinajstić information content (AvgIpc) is 2.99. The van der Waals surface area contributed by atoms with Crippen molar-refractivity contribution in [1.29, 1.82) is 0 Å². The maximum atomic E-state index is 12.7. The van der Waals surface area contributed by atoms with Crippen LogP contribution in [0, 0.1) is 0 Å². The summed E-state index contributed by atoms with van der Waals surface area (Å²) in [6, 6.07) is 3.37. The third-order valence-electron chi connectivity index (χ3n) is 4.38. The Kier molecular flexibility index (Phi) is 4.73. The van der Waals surface area contributed by atoms with Crippen molar-refractivity contribution in [3.63, 3.8) is 0 Å². The maximum absolute atomic E-state index is 12.7. The van der Waals surface area contributed by atoms with Gasteiger partial charge in [0, 0.05) is 29.7 Å². The van der Waals surface area contributed by atoms with Gasteiger partial charge in [-0.25, -0.2) is 9.67 Å². The molecule has 2 aromatic heterocycles. The standard InChI is InChI=1S/C16H19ClF2N4O/c1-16(24)5-2-10(3-6-16)21-13-8-14(17)20-9-11(13)12-4-7-23(22-12)15(18)19/h4,7-10,15,24H,2-3,5-6H2,1H3,(H,20,21). The number of aliphatic hydroxyl groups is 1. The Morgan fingerprint density at radius 3 is 2.75 bits per heavy atom. The summed E-state index contributed by atoms with van der Waals surface area (Å²) in [5.74, 6) is 0. The molecule has 0 aromatic carbocycles. The molecule has 130 valence electrons. The number of hydrogen-bond acceptors (Lipinski definition) is 4. The van der Waals surface area contributed by atoms with E-state index in [2.05, 4.69) is 15.4 Å². The molecule has 0 saturated heterocycles. The van der Waals surface area contributed by atoms with E-state index in [4.69, 9.17) is 11.6 Å². The molecule has 1 aliphatic rings. The molecule has 8 heteroatoms. The van der Waals surface area contributed by atoms with Crippen LogP contribution in [-0.2, 0) is 0 Å². The number of pyridine rings is 1. The van der Waals surface area contributed by atoms with Crippen LogP contribution in [-0.4, -0.2) is 31.5 Å². The summed E-state index contributed by atoms with van der Waals surface area (Å²) in [6.45, 7) is -0.842. The van der Waals surface area contributed by atoms with E-state index in [-0.39, 0.29) is 6.04 Å². The molecule has 0 unspecified atom stereocenters. The van der Waals surface area contributed by atoms with Crippen molar-refractivity contribution in [2.45, 2.75) is 50.8 Å². The van der Waals surface area contributed by atoms with Gasteiger partial charge in [-0.15, -0.1) is 0 Å². The molecule has 24 heavy (non-hydrogen) atoms. The lowest BCUT2D eigenvalue weighted by Gasteiger charge is -2.34. The van der Waals surface area contributed by atoms with E-state index >= 15 is 0 Å². The minimum absolute atomic E-state index is 0.180. The second kappa shape index (κ2) is 6.64. The van der Waals surface area contributed by atoms with Crippen LogP contribution in [0.2, 0.25) is 5.15 Å². The first-order valence-corrected chi connectivity index (χ1v) is 8.20. The van der Waals surface area contributed by atoms with Crippen LogP contribution in [0.4, 0.5) is 14.5 Å². The predicted molar refractivity (Wildman–Crippen MR) is 88.2 cm³/mol. The molecule has 0 amide bonds. The number of hydrogen-bond donors (Lipinski definition) is 2. The molecular formula is C16H19ClF2N4O. The molecule has 0 bridgehead atoms. The number of nitrogens with zero attached hydrogens (tertiary/aromatic N) is 3. The van der Waals surface area contributed by atoms with Gasteiger partial charge in [-0.05, 0) is 44.7 Å². The highest BCUT2D eigenvalue weighted by atomic mass is 35.5. The van der Waals surface area contributed by atoms with E-state index in [1.54, 1.807) is 6.07 Å². The van der Waals surface area contributed by atoms with Crippen LogP contribution in [0.15, 0.2) is 24.5 Å². The first-order chi connectivity index (χ1) is 11.3. The third-order valence-corrected chi connectivity index (χ3v) is 4.58. The number of rotatable bonds is 4. The van der Waals surface area contributed by atoms with Gasteiger partial charge >= 0.3 is 6.55 Å². The fourth-order valence-electron chi connectivity index (χ4n) is 2.95. The summed E-state index contributed by atoms with van der Waals surface area (Å²) in [5, 5.41) is 17.6. The topological polar surface area (TPSA) is 63.0 Å². The van der Waals surface area contributed by atoms with Gasteiger partial charge in [-0.3, -0.25) is 0 Å². The second-order valence-electron chi connectivity index (χ2n) is 6.43. The molecule has 1 saturated carbocycles.